The number of amides is 2. The Labute approximate surface area is 122 Å². The van der Waals surface area contributed by atoms with Crippen molar-refractivity contribution in [1.29, 1.82) is 0 Å². The lowest BCUT2D eigenvalue weighted by Gasteiger charge is -2.27. The van der Waals surface area contributed by atoms with Gasteiger partial charge in [-0.1, -0.05) is 26.2 Å². The molecule has 0 heterocycles. The lowest BCUT2D eigenvalue weighted by molar-refractivity contribution is -0.124. The molecule has 2 amide bonds. The minimum Gasteiger partial charge on any atom is -0.368 e. The SMILES string of the molecule is CCCNC(C)(CCCCCC(NC)C(N)=O)C(N)=O. The maximum absolute atomic E-state index is 11.5. The highest BCUT2D eigenvalue weighted by Crippen LogP contribution is 2.15. The summed E-state index contributed by atoms with van der Waals surface area (Å²) in [6.45, 7) is 4.68. The average molecular weight is 286 g/mol. The highest BCUT2D eigenvalue weighted by atomic mass is 16.2. The molecule has 0 aromatic carbocycles. The number of hydrogen-bond donors (Lipinski definition) is 4. The van der Waals surface area contributed by atoms with Gasteiger partial charge in [0.25, 0.3) is 0 Å². The molecule has 2 atom stereocenters. The van der Waals surface area contributed by atoms with Crippen molar-refractivity contribution in [2.24, 2.45) is 11.5 Å². The largest absolute Gasteiger partial charge is 0.368 e. The number of carbonyl (C=O) groups is 2. The lowest BCUT2D eigenvalue weighted by atomic mass is 9.92. The molecule has 20 heavy (non-hydrogen) atoms. The summed E-state index contributed by atoms with van der Waals surface area (Å²) in [4.78, 5) is 22.6. The van der Waals surface area contributed by atoms with E-state index in [0.717, 1.165) is 38.6 Å². The van der Waals surface area contributed by atoms with Crippen molar-refractivity contribution in [3.63, 3.8) is 0 Å². The van der Waals surface area contributed by atoms with Gasteiger partial charge in [-0.25, -0.2) is 0 Å². The van der Waals surface area contributed by atoms with E-state index in [4.69, 9.17) is 11.5 Å². The first-order valence-electron chi connectivity index (χ1n) is 7.39. The third-order valence-corrected chi connectivity index (χ3v) is 3.67. The van der Waals surface area contributed by atoms with Crippen LogP contribution in [-0.2, 0) is 9.59 Å². The molecule has 6 heteroatoms. The Bertz CT molecular complexity index is 310. The molecule has 2 unspecified atom stereocenters. The fourth-order valence-electron chi connectivity index (χ4n) is 2.13. The summed E-state index contributed by atoms with van der Waals surface area (Å²) in [6.07, 6.45) is 5.14. The van der Waals surface area contributed by atoms with Crippen LogP contribution in [0.5, 0.6) is 0 Å². The van der Waals surface area contributed by atoms with Crippen LogP contribution in [0.15, 0.2) is 0 Å². The zero-order valence-corrected chi connectivity index (χ0v) is 13.0. The molecular formula is C14H30N4O2. The van der Waals surface area contributed by atoms with E-state index in [2.05, 4.69) is 17.6 Å². The van der Waals surface area contributed by atoms with Crippen LogP contribution >= 0.6 is 0 Å². The van der Waals surface area contributed by atoms with Gasteiger partial charge in [-0.05, 0) is 39.8 Å². The fraction of sp³-hybridized carbons (Fsp3) is 0.857. The van der Waals surface area contributed by atoms with E-state index in [0.29, 0.717) is 6.42 Å². The summed E-state index contributed by atoms with van der Waals surface area (Å²) in [5.74, 6) is -0.629. The van der Waals surface area contributed by atoms with Gasteiger partial charge in [0.05, 0.1) is 11.6 Å². The first-order valence-corrected chi connectivity index (χ1v) is 7.39. The highest BCUT2D eigenvalue weighted by Gasteiger charge is 2.29. The summed E-state index contributed by atoms with van der Waals surface area (Å²) in [6, 6.07) is -0.268. The first kappa shape index (κ1) is 18.9. The number of likely N-dealkylation sites (N-methyl/N-ethyl adjacent to an activating group) is 1. The van der Waals surface area contributed by atoms with E-state index in [1.165, 1.54) is 0 Å². The van der Waals surface area contributed by atoms with Crippen molar-refractivity contribution >= 4 is 11.8 Å². The third kappa shape index (κ3) is 6.86. The number of nitrogens with two attached hydrogens (primary N) is 2. The van der Waals surface area contributed by atoms with Crippen molar-refractivity contribution < 1.29 is 9.59 Å². The van der Waals surface area contributed by atoms with Crippen LogP contribution in [-0.4, -0.2) is 37.0 Å². The van der Waals surface area contributed by atoms with Crippen molar-refractivity contribution in [2.45, 2.75) is 64.0 Å². The van der Waals surface area contributed by atoms with E-state index in [1.54, 1.807) is 7.05 Å². The minimum atomic E-state index is -0.637. The molecule has 0 aromatic rings. The van der Waals surface area contributed by atoms with E-state index < -0.39 is 5.54 Å². The zero-order chi connectivity index (χ0) is 15.6. The van der Waals surface area contributed by atoms with Gasteiger partial charge in [-0.3, -0.25) is 9.59 Å². The van der Waals surface area contributed by atoms with Gasteiger partial charge in [0.1, 0.15) is 0 Å². The van der Waals surface area contributed by atoms with Crippen molar-refractivity contribution in [3.05, 3.63) is 0 Å². The van der Waals surface area contributed by atoms with Crippen molar-refractivity contribution in [3.8, 4) is 0 Å². The Morgan fingerprint density at radius 2 is 1.85 bits per heavy atom. The maximum Gasteiger partial charge on any atom is 0.237 e. The minimum absolute atomic E-state index is 0.268. The summed E-state index contributed by atoms with van der Waals surface area (Å²) < 4.78 is 0. The second-order valence-corrected chi connectivity index (χ2v) is 5.47. The monoisotopic (exact) mass is 286 g/mol. The number of hydrogen-bond acceptors (Lipinski definition) is 4. The van der Waals surface area contributed by atoms with Crippen LogP contribution in [0.25, 0.3) is 0 Å². The van der Waals surface area contributed by atoms with Crippen molar-refractivity contribution in [2.75, 3.05) is 13.6 Å². The normalized spacial score (nSPS) is 15.6. The molecule has 0 aliphatic rings. The second-order valence-electron chi connectivity index (χ2n) is 5.47. The van der Waals surface area contributed by atoms with Gasteiger partial charge >= 0.3 is 0 Å². The van der Waals surface area contributed by atoms with Crippen LogP contribution in [0, 0.1) is 0 Å². The molecule has 118 valence electrons. The molecule has 0 bridgehead atoms. The molecule has 0 fully saturated rings. The third-order valence-electron chi connectivity index (χ3n) is 3.67. The van der Waals surface area contributed by atoms with Gasteiger partial charge in [0, 0.05) is 0 Å². The number of rotatable bonds is 12. The van der Waals surface area contributed by atoms with Gasteiger partial charge < -0.3 is 22.1 Å². The molecule has 6 N–H and O–H groups in total. The van der Waals surface area contributed by atoms with Gasteiger partial charge in [0.15, 0.2) is 0 Å². The smallest absolute Gasteiger partial charge is 0.237 e. The van der Waals surface area contributed by atoms with Gasteiger partial charge in [-0.2, -0.15) is 0 Å². The summed E-state index contributed by atoms with van der Waals surface area (Å²) in [7, 11) is 1.73. The molecule has 0 saturated heterocycles. The van der Waals surface area contributed by atoms with Crippen LogP contribution < -0.4 is 22.1 Å². The Balaban J connectivity index is 4.01. The molecule has 0 aromatic heterocycles. The average Bonchev–Trinajstić information content (AvgIpc) is 2.39. The first-order chi connectivity index (χ1) is 9.37. The number of unbranched alkanes of at least 4 members (excludes halogenated alkanes) is 2. The fourth-order valence-corrected chi connectivity index (χ4v) is 2.13. The van der Waals surface area contributed by atoms with E-state index >= 15 is 0 Å². The summed E-state index contributed by atoms with van der Waals surface area (Å²) in [5.41, 5.74) is 10.1. The summed E-state index contributed by atoms with van der Waals surface area (Å²) in [5, 5.41) is 6.11. The number of nitrogens with one attached hydrogen (secondary N) is 2. The number of carbonyl (C=O) groups excluding carboxylic acids is 2. The zero-order valence-electron chi connectivity index (χ0n) is 13.0. The molecule has 0 saturated carbocycles. The molecule has 0 radical (unpaired) electrons. The highest BCUT2D eigenvalue weighted by molar-refractivity contribution is 5.84. The predicted octanol–water partition coefficient (Wildman–Crippen LogP) is 0.254. The van der Waals surface area contributed by atoms with Gasteiger partial charge in [-0.15, -0.1) is 0 Å². The molecule has 0 aliphatic heterocycles. The van der Waals surface area contributed by atoms with E-state index in [9.17, 15) is 9.59 Å². The van der Waals surface area contributed by atoms with Crippen LogP contribution in [0.4, 0.5) is 0 Å². The van der Waals surface area contributed by atoms with E-state index in [1.807, 2.05) is 6.92 Å². The Kier molecular flexibility index (Phi) is 9.16. The molecule has 0 aliphatic carbocycles. The van der Waals surface area contributed by atoms with Crippen LogP contribution in [0.2, 0.25) is 0 Å². The van der Waals surface area contributed by atoms with E-state index in [-0.39, 0.29) is 17.9 Å². The number of primary amides is 2. The summed E-state index contributed by atoms with van der Waals surface area (Å²) >= 11 is 0. The Morgan fingerprint density at radius 1 is 1.20 bits per heavy atom. The lowest BCUT2D eigenvalue weighted by Crippen LogP contribution is -2.53. The maximum atomic E-state index is 11.5. The second kappa shape index (κ2) is 9.72. The molecular weight excluding hydrogens is 256 g/mol. The molecule has 0 spiro atoms. The standard InChI is InChI=1S/C14H30N4O2/c1-4-10-18-14(2,13(16)20)9-7-5-6-8-11(17-3)12(15)19/h11,17-18H,4-10H2,1-3H3,(H2,15,19)(H2,16,20). The van der Waals surface area contributed by atoms with Crippen molar-refractivity contribution in [1.82, 2.24) is 10.6 Å². The molecule has 0 rings (SSSR count). The quantitative estimate of drug-likeness (QED) is 0.385. The topological polar surface area (TPSA) is 110 Å². The van der Waals surface area contributed by atoms with Crippen LogP contribution in [0.3, 0.4) is 0 Å². The Hall–Kier alpha value is -1.14. The Morgan fingerprint density at radius 3 is 2.30 bits per heavy atom. The van der Waals surface area contributed by atoms with Crippen LogP contribution in [0.1, 0.15) is 52.4 Å². The molecule has 6 nitrogen and oxygen atoms in total. The predicted molar refractivity (Wildman–Crippen MR) is 81.0 cm³/mol. The van der Waals surface area contributed by atoms with Gasteiger partial charge in [0.2, 0.25) is 11.8 Å².